The Bertz CT molecular complexity index is 431. The summed E-state index contributed by atoms with van der Waals surface area (Å²) in [5.74, 6) is 0. The Morgan fingerprint density at radius 2 is 2.21 bits per heavy atom. The van der Waals surface area contributed by atoms with Gasteiger partial charge in [-0.15, -0.1) is 11.3 Å². The number of fused-ring (bicyclic) bond motifs is 1. The Kier molecular flexibility index (Phi) is 2.85. The highest BCUT2D eigenvalue weighted by molar-refractivity contribution is 7.19. The summed E-state index contributed by atoms with van der Waals surface area (Å²) in [5.41, 5.74) is 1.38. The van der Waals surface area contributed by atoms with Crippen LogP contribution in [0.1, 0.15) is 17.4 Å². The molecule has 0 saturated carbocycles. The smallest absolute Gasteiger partial charge is 0.0375 e. The molecule has 0 atom stereocenters. The van der Waals surface area contributed by atoms with E-state index in [1.165, 1.54) is 20.5 Å². The summed E-state index contributed by atoms with van der Waals surface area (Å²) in [6.45, 7) is 6.34. The fraction of sp³-hybridized carbons (Fsp3) is 0.333. The lowest BCUT2D eigenvalue weighted by molar-refractivity contribution is 0.736. The molecule has 2 rings (SSSR count). The molecular formula is C12H15NS. The molecule has 1 N–H and O–H groups in total. The predicted octanol–water partition coefficient (Wildman–Crippen LogP) is 3.32. The van der Waals surface area contributed by atoms with E-state index in [-0.39, 0.29) is 0 Å². The van der Waals surface area contributed by atoms with E-state index in [1.54, 1.807) is 0 Å². The van der Waals surface area contributed by atoms with Crippen molar-refractivity contribution >= 4 is 21.4 Å². The third-order valence-corrected chi connectivity index (χ3v) is 3.63. The van der Waals surface area contributed by atoms with Crippen molar-refractivity contribution in [2.45, 2.75) is 20.4 Å². The second kappa shape index (κ2) is 4.11. The summed E-state index contributed by atoms with van der Waals surface area (Å²) in [4.78, 5) is 1.43. The molecule has 0 saturated heterocycles. The van der Waals surface area contributed by atoms with Gasteiger partial charge in [-0.1, -0.05) is 25.1 Å². The van der Waals surface area contributed by atoms with Gasteiger partial charge in [0.05, 0.1) is 0 Å². The summed E-state index contributed by atoms with van der Waals surface area (Å²) in [5, 5.41) is 4.73. The lowest BCUT2D eigenvalue weighted by atomic mass is 10.2. The predicted molar refractivity (Wildman–Crippen MR) is 63.9 cm³/mol. The second-order valence-corrected chi connectivity index (χ2v) is 4.62. The Morgan fingerprint density at radius 1 is 1.36 bits per heavy atom. The van der Waals surface area contributed by atoms with Crippen LogP contribution in [0.5, 0.6) is 0 Å². The van der Waals surface area contributed by atoms with E-state index in [4.69, 9.17) is 0 Å². The third kappa shape index (κ3) is 1.81. The molecule has 0 amide bonds. The monoisotopic (exact) mass is 205 g/mol. The summed E-state index contributed by atoms with van der Waals surface area (Å²) in [6.07, 6.45) is 0. The highest BCUT2D eigenvalue weighted by Crippen LogP contribution is 2.28. The molecule has 2 aromatic rings. The number of nitrogens with one attached hydrogen (secondary N) is 1. The minimum Gasteiger partial charge on any atom is -0.312 e. The molecule has 0 radical (unpaired) electrons. The van der Waals surface area contributed by atoms with Crippen LogP contribution in [0, 0.1) is 6.92 Å². The van der Waals surface area contributed by atoms with Crippen LogP contribution in [0.4, 0.5) is 0 Å². The van der Waals surface area contributed by atoms with Crippen LogP contribution < -0.4 is 5.32 Å². The normalized spacial score (nSPS) is 11.0. The Balaban J connectivity index is 2.36. The molecule has 0 fully saturated rings. The highest BCUT2D eigenvalue weighted by atomic mass is 32.1. The maximum Gasteiger partial charge on any atom is 0.0375 e. The highest BCUT2D eigenvalue weighted by Gasteiger charge is 2.02. The Hall–Kier alpha value is -0.860. The molecule has 2 heteroatoms. The number of aryl methyl sites for hydroxylation is 1. The minimum absolute atomic E-state index is 0.995. The molecule has 1 heterocycles. The largest absolute Gasteiger partial charge is 0.312 e. The van der Waals surface area contributed by atoms with E-state index in [0.717, 1.165) is 13.1 Å². The van der Waals surface area contributed by atoms with Gasteiger partial charge < -0.3 is 5.32 Å². The van der Waals surface area contributed by atoms with Crippen LogP contribution in [-0.4, -0.2) is 6.54 Å². The second-order valence-electron chi connectivity index (χ2n) is 3.49. The van der Waals surface area contributed by atoms with E-state index in [9.17, 15) is 0 Å². The molecule has 0 aliphatic heterocycles. The molecule has 1 aromatic heterocycles. The molecular weight excluding hydrogens is 190 g/mol. The fourth-order valence-electron chi connectivity index (χ4n) is 1.60. The van der Waals surface area contributed by atoms with Crippen molar-refractivity contribution in [2.24, 2.45) is 0 Å². The standard InChI is InChI=1S/C12H15NS/c1-3-13-8-11-7-10-6-4-5-9(2)12(10)14-11/h4-7,13H,3,8H2,1-2H3. The fourth-order valence-corrected chi connectivity index (χ4v) is 2.69. The van der Waals surface area contributed by atoms with Crippen molar-refractivity contribution in [1.82, 2.24) is 5.32 Å². The van der Waals surface area contributed by atoms with Gasteiger partial charge in [0.1, 0.15) is 0 Å². The van der Waals surface area contributed by atoms with Crippen molar-refractivity contribution < 1.29 is 0 Å². The first kappa shape index (κ1) is 9.69. The van der Waals surface area contributed by atoms with E-state index < -0.39 is 0 Å². The molecule has 0 aliphatic rings. The van der Waals surface area contributed by atoms with Crippen molar-refractivity contribution in [3.05, 3.63) is 34.7 Å². The van der Waals surface area contributed by atoms with Gasteiger partial charge in [-0.05, 0) is 30.5 Å². The van der Waals surface area contributed by atoms with Crippen LogP contribution in [0.15, 0.2) is 24.3 Å². The van der Waals surface area contributed by atoms with Gasteiger partial charge in [0.2, 0.25) is 0 Å². The van der Waals surface area contributed by atoms with E-state index in [1.807, 2.05) is 11.3 Å². The first-order valence-electron chi connectivity index (χ1n) is 5.00. The molecule has 0 aliphatic carbocycles. The van der Waals surface area contributed by atoms with Gasteiger partial charge in [0.15, 0.2) is 0 Å². The average Bonchev–Trinajstić information content (AvgIpc) is 2.59. The lowest BCUT2D eigenvalue weighted by Gasteiger charge is -1.95. The number of thiophene rings is 1. The molecule has 14 heavy (non-hydrogen) atoms. The van der Waals surface area contributed by atoms with Crippen LogP contribution in [0.2, 0.25) is 0 Å². The molecule has 1 aromatic carbocycles. The van der Waals surface area contributed by atoms with Gasteiger partial charge in [0.25, 0.3) is 0 Å². The van der Waals surface area contributed by atoms with E-state index >= 15 is 0 Å². The molecule has 74 valence electrons. The van der Waals surface area contributed by atoms with Crippen LogP contribution in [-0.2, 0) is 6.54 Å². The van der Waals surface area contributed by atoms with Gasteiger partial charge in [-0.2, -0.15) is 0 Å². The van der Waals surface area contributed by atoms with Gasteiger partial charge >= 0.3 is 0 Å². The van der Waals surface area contributed by atoms with Gasteiger partial charge in [-0.3, -0.25) is 0 Å². The van der Waals surface area contributed by atoms with Crippen LogP contribution >= 0.6 is 11.3 Å². The van der Waals surface area contributed by atoms with Gasteiger partial charge in [-0.25, -0.2) is 0 Å². The zero-order valence-corrected chi connectivity index (χ0v) is 9.45. The SMILES string of the molecule is CCNCc1cc2cccc(C)c2s1. The van der Waals surface area contributed by atoms with Crippen molar-refractivity contribution in [3.63, 3.8) is 0 Å². The lowest BCUT2D eigenvalue weighted by Crippen LogP contribution is -2.10. The number of hydrogen-bond donors (Lipinski definition) is 1. The van der Waals surface area contributed by atoms with Crippen LogP contribution in [0.3, 0.4) is 0 Å². The van der Waals surface area contributed by atoms with Crippen molar-refractivity contribution in [2.75, 3.05) is 6.54 Å². The molecule has 1 nitrogen and oxygen atoms in total. The summed E-state index contributed by atoms with van der Waals surface area (Å²) >= 11 is 1.90. The van der Waals surface area contributed by atoms with E-state index in [0.29, 0.717) is 0 Å². The number of benzene rings is 1. The minimum atomic E-state index is 0.995. The summed E-state index contributed by atoms with van der Waals surface area (Å²) in [6, 6.07) is 8.78. The maximum atomic E-state index is 3.36. The Labute approximate surface area is 88.8 Å². The van der Waals surface area contributed by atoms with E-state index in [2.05, 4.69) is 43.4 Å². The number of hydrogen-bond acceptors (Lipinski definition) is 2. The van der Waals surface area contributed by atoms with Crippen molar-refractivity contribution in [3.8, 4) is 0 Å². The number of rotatable bonds is 3. The molecule has 0 unspecified atom stereocenters. The average molecular weight is 205 g/mol. The Morgan fingerprint density at radius 3 is 2.93 bits per heavy atom. The first-order chi connectivity index (χ1) is 6.81. The van der Waals surface area contributed by atoms with Crippen LogP contribution in [0.25, 0.3) is 10.1 Å². The first-order valence-corrected chi connectivity index (χ1v) is 5.81. The zero-order chi connectivity index (χ0) is 9.97. The third-order valence-electron chi connectivity index (χ3n) is 2.34. The quantitative estimate of drug-likeness (QED) is 0.810. The molecule has 0 bridgehead atoms. The zero-order valence-electron chi connectivity index (χ0n) is 8.63. The molecule has 0 spiro atoms. The van der Waals surface area contributed by atoms with Crippen molar-refractivity contribution in [1.29, 1.82) is 0 Å². The maximum absolute atomic E-state index is 3.36. The topological polar surface area (TPSA) is 12.0 Å². The van der Waals surface area contributed by atoms with Gasteiger partial charge in [0, 0.05) is 16.1 Å². The summed E-state index contributed by atoms with van der Waals surface area (Å²) in [7, 11) is 0. The summed E-state index contributed by atoms with van der Waals surface area (Å²) < 4.78 is 1.43.